The van der Waals surface area contributed by atoms with Crippen LogP contribution >= 0.6 is 11.6 Å². The molecule has 144 valence electrons. The Morgan fingerprint density at radius 1 is 1.14 bits per heavy atom. The Labute approximate surface area is 165 Å². The summed E-state index contributed by atoms with van der Waals surface area (Å²) in [5.74, 6) is -1.47. The summed E-state index contributed by atoms with van der Waals surface area (Å²) in [6.07, 6.45) is 1.31. The van der Waals surface area contributed by atoms with Crippen LogP contribution in [0.5, 0.6) is 0 Å². The zero-order chi connectivity index (χ0) is 20.3. The number of carbonyl (C=O) groups is 2. The van der Waals surface area contributed by atoms with E-state index in [1.165, 1.54) is 17.1 Å². The van der Waals surface area contributed by atoms with Gasteiger partial charge in [-0.15, -0.1) is 0 Å². The van der Waals surface area contributed by atoms with E-state index in [4.69, 9.17) is 16.7 Å². The van der Waals surface area contributed by atoms with Crippen molar-refractivity contribution in [3.8, 4) is 0 Å². The molecule has 0 saturated heterocycles. The van der Waals surface area contributed by atoms with Crippen molar-refractivity contribution in [3.63, 3.8) is 0 Å². The number of amides is 1. The van der Waals surface area contributed by atoms with E-state index in [-0.39, 0.29) is 18.5 Å². The van der Waals surface area contributed by atoms with Gasteiger partial charge in [-0.1, -0.05) is 29.8 Å². The largest absolute Gasteiger partial charge is 0.481 e. The number of carboxylic acids is 1. The van der Waals surface area contributed by atoms with Crippen LogP contribution in [0.2, 0.25) is 5.02 Å². The molecule has 28 heavy (non-hydrogen) atoms. The Balaban J connectivity index is 1.93. The lowest BCUT2D eigenvalue weighted by atomic mass is 10.0. The fourth-order valence-electron chi connectivity index (χ4n) is 2.89. The average Bonchev–Trinajstić information content (AvgIpc) is 3.11. The molecular weight excluding hydrogens is 386 g/mol. The van der Waals surface area contributed by atoms with Crippen molar-refractivity contribution in [2.24, 2.45) is 0 Å². The summed E-state index contributed by atoms with van der Waals surface area (Å²) >= 11 is 6.29. The summed E-state index contributed by atoms with van der Waals surface area (Å²) in [5, 5.41) is 21.5. The molecule has 0 bridgehead atoms. The van der Waals surface area contributed by atoms with Crippen LogP contribution in [0.4, 0.5) is 5.69 Å². The van der Waals surface area contributed by atoms with Gasteiger partial charge in [0.2, 0.25) is 5.91 Å². The summed E-state index contributed by atoms with van der Waals surface area (Å²) < 4.78 is 0. The molecule has 0 aliphatic carbocycles. The highest BCUT2D eigenvalue weighted by Gasteiger charge is 2.32. The second-order valence-corrected chi connectivity index (χ2v) is 6.53. The molecule has 1 atom stereocenters. The van der Waals surface area contributed by atoms with Crippen molar-refractivity contribution in [3.05, 3.63) is 80.9 Å². The molecule has 2 aromatic carbocycles. The van der Waals surface area contributed by atoms with Gasteiger partial charge in [-0.25, -0.2) is 5.01 Å². The number of carbonyl (C=O) groups excluding carboxylic acids is 1. The zero-order valence-corrected chi connectivity index (χ0v) is 15.3. The third-order valence-electron chi connectivity index (χ3n) is 4.28. The minimum absolute atomic E-state index is 0.0422. The molecule has 1 aliphatic heterocycles. The molecule has 1 aliphatic rings. The SMILES string of the molecule is O=C(O)CCC(=O)N1NC(c2ccc([N+](=O)[O-])cc2)=CC1c1ccccc1Cl. The first-order valence-electron chi connectivity index (χ1n) is 8.38. The highest BCUT2D eigenvalue weighted by atomic mass is 35.5. The number of nitrogens with zero attached hydrogens (tertiary/aromatic N) is 2. The lowest BCUT2D eigenvalue weighted by Gasteiger charge is -2.26. The van der Waals surface area contributed by atoms with Crippen LogP contribution < -0.4 is 5.43 Å². The normalized spacial score (nSPS) is 15.7. The van der Waals surface area contributed by atoms with Crippen LogP contribution in [0.1, 0.15) is 30.0 Å². The van der Waals surface area contributed by atoms with E-state index in [0.717, 1.165) is 0 Å². The molecular formula is C19H16ClN3O5. The molecule has 2 aromatic rings. The lowest BCUT2D eigenvalue weighted by molar-refractivity contribution is -0.384. The van der Waals surface area contributed by atoms with Gasteiger partial charge in [0.1, 0.15) is 6.04 Å². The van der Waals surface area contributed by atoms with Crippen LogP contribution in [0.15, 0.2) is 54.6 Å². The summed E-state index contributed by atoms with van der Waals surface area (Å²) in [4.78, 5) is 33.8. The standard InChI is InChI=1S/C19H16ClN3O5/c20-15-4-2-1-3-14(15)17-11-16(12-5-7-13(8-6-12)23(27)28)21-22(17)18(24)9-10-19(25)26/h1-8,11,17,21H,9-10H2,(H,25,26). The number of hydrazine groups is 1. The number of nitrogens with one attached hydrogen (secondary N) is 1. The topological polar surface area (TPSA) is 113 Å². The molecule has 8 nitrogen and oxygen atoms in total. The van der Waals surface area contributed by atoms with Gasteiger partial charge < -0.3 is 5.11 Å². The minimum Gasteiger partial charge on any atom is -0.481 e. The quantitative estimate of drug-likeness (QED) is 0.565. The van der Waals surface area contributed by atoms with Gasteiger partial charge in [0.05, 0.1) is 17.0 Å². The van der Waals surface area contributed by atoms with Crippen molar-refractivity contribution in [2.45, 2.75) is 18.9 Å². The summed E-state index contributed by atoms with van der Waals surface area (Å²) in [7, 11) is 0. The van der Waals surface area contributed by atoms with Crippen LogP contribution in [-0.4, -0.2) is 26.9 Å². The monoisotopic (exact) mass is 401 g/mol. The van der Waals surface area contributed by atoms with E-state index < -0.39 is 22.8 Å². The zero-order valence-electron chi connectivity index (χ0n) is 14.5. The highest BCUT2D eigenvalue weighted by molar-refractivity contribution is 6.31. The van der Waals surface area contributed by atoms with E-state index in [1.807, 2.05) is 0 Å². The molecule has 0 fully saturated rings. The first kappa shape index (κ1) is 19.4. The highest BCUT2D eigenvalue weighted by Crippen LogP contribution is 2.35. The van der Waals surface area contributed by atoms with Gasteiger partial charge in [-0.05, 0) is 35.4 Å². The number of aliphatic carboxylic acids is 1. The number of nitro groups is 1. The van der Waals surface area contributed by atoms with Crippen LogP contribution in [0, 0.1) is 10.1 Å². The number of benzene rings is 2. The maximum atomic E-state index is 12.6. The van der Waals surface area contributed by atoms with Gasteiger partial charge >= 0.3 is 5.97 Å². The summed E-state index contributed by atoms with van der Waals surface area (Å²) in [6, 6.07) is 12.4. The number of non-ortho nitro benzene ring substituents is 1. The Hall–Kier alpha value is -3.39. The Morgan fingerprint density at radius 3 is 2.43 bits per heavy atom. The van der Waals surface area contributed by atoms with Gasteiger partial charge in [0.15, 0.2) is 0 Å². The van der Waals surface area contributed by atoms with E-state index in [1.54, 1.807) is 42.5 Å². The third kappa shape index (κ3) is 4.12. The summed E-state index contributed by atoms with van der Waals surface area (Å²) in [5.41, 5.74) is 4.84. The maximum Gasteiger partial charge on any atom is 0.303 e. The molecule has 3 rings (SSSR count). The molecule has 0 radical (unpaired) electrons. The fourth-order valence-corrected chi connectivity index (χ4v) is 3.14. The number of halogens is 1. The van der Waals surface area contributed by atoms with Crippen LogP contribution in [0.25, 0.3) is 5.70 Å². The summed E-state index contributed by atoms with van der Waals surface area (Å²) in [6.45, 7) is 0. The lowest BCUT2D eigenvalue weighted by Crippen LogP contribution is -2.39. The van der Waals surface area contributed by atoms with E-state index in [9.17, 15) is 19.7 Å². The van der Waals surface area contributed by atoms with Crippen molar-refractivity contribution in [1.29, 1.82) is 0 Å². The Bertz CT molecular complexity index is 958. The number of rotatable bonds is 6. The number of carboxylic acid groups (broad SMARTS) is 1. The predicted octanol–water partition coefficient (Wildman–Crippen LogP) is 3.54. The molecule has 9 heteroatoms. The van der Waals surface area contributed by atoms with Crippen LogP contribution in [-0.2, 0) is 9.59 Å². The molecule has 1 heterocycles. The van der Waals surface area contributed by atoms with Gasteiger partial charge in [0, 0.05) is 23.6 Å². The number of hydrogen-bond donors (Lipinski definition) is 2. The fraction of sp³-hybridized carbons (Fsp3) is 0.158. The van der Waals surface area contributed by atoms with Gasteiger partial charge in [0.25, 0.3) is 5.69 Å². The van der Waals surface area contributed by atoms with Crippen molar-refractivity contribution in [1.82, 2.24) is 10.4 Å². The number of hydrogen-bond acceptors (Lipinski definition) is 5. The minimum atomic E-state index is -1.06. The van der Waals surface area contributed by atoms with Gasteiger partial charge in [-0.2, -0.15) is 0 Å². The molecule has 0 spiro atoms. The molecule has 1 unspecified atom stereocenters. The molecule has 0 aromatic heterocycles. The smallest absolute Gasteiger partial charge is 0.303 e. The van der Waals surface area contributed by atoms with Crippen molar-refractivity contribution < 1.29 is 19.6 Å². The first-order chi connectivity index (χ1) is 13.4. The van der Waals surface area contributed by atoms with Crippen LogP contribution in [0.3, 0.4) is 0 Å². The second kappa shape index (κ2) is 8.10. The Morgan fingerprint density at radius 2 is 1.82 bits per heavy atom. The first-order valence-corrected chi connectivity index (χ1v) is 8.76. The average molecular weight is 402 g/mol. The van der Waals surface area contributed by atoms with Gasteiger partial charge in [-0.3, -0.25) is 25.1 Å². The Kier molecular flexibility index (Phi) is 5.60. The van der Waals surface area contributed by atoms with Crippen molar-refractivity contribution in [2.75, 3.05) is 0 Å². The second-order valence-electron chi connectivity index (χ2n) is 6.12. The molecule has 0 saturated carbocycles. The molecule has 2 N–H and O–H groups in total. The van der Waals surface area contributed by atoms with Crippen molar-refractivity contribution >= 4 is 34.9 Å². The predicted molar refractivity (Wildman–Crippen MR) is 102 cm³/mol. The third-order valence-corrected chi connectivity index (χ3v) is 4.62. The number of nitro benzene ring substituents is 1. The van der Waals surface area contributed by atoms with E-state index in [2.05, 4.69) is 5.43 Å². The van der Waals surface area contributed by atoms with E-state index in [0.29, 0.717) is 21.8 Å². The molecule has 1 amide bonds. The van der Waals surface area contributed by atoms with E-state index >= 15 is 0 Å². The maximum absolute atomic E-state index is 12.6.